The predicted molar refractivity (Wildman–Crippen MR) is 127 cm³/mol. The zero-order valence-electron chi connectivity index (χ0n) is 23.1. The average molecular weight is 790 g/mol. The van der Waals surface area contributed by atoms with Crippen LogP contribution in [0.3, 0.4) is 0 Å². The van der Waals surface area contributed by atoms with Gasteiger partial charge in [0.1, 0.15) is 16.8 Å². The Hall–Kier alpha value is -1.70. The van der Waals surface area contributed by atoms with E-state index in [2.05, 4.69) is 13.8 Å². The number of unbranched alkanes of at least 4 members (excludes halogenated alkanes) is 2. The van der Waals surface area contributed by atoms with Crippen LogP contribution < -0.4 is 30.6 Å². The fraction of sp³-hybridized carbons (Fsp3) is 0.739. The molecule has 226 valence electrons. The molecule has 15 nitrogen and oxygen atoms in total. The van der Waals surface area contributed by atoms with E-state index in [0.29, 0.717) is 0 Å². The van der Waals surface area contributed by atoms with Crippen molar-refractivity contribution in [3.05, 3.63) is 0 Å². The van der Waals surface area contributed by atoms with E-state index in [0.717, 1.165) is 20.8 Å². The van der Waals surface area contributed by atoms with Gasteiger partial charge in [-0.25, -0.2) is 0 Å². The molecule has 0 saturated carbocycles. The summed E-state index contributed by atoms with van der Waals surface area (Å²) in [4.78, 5) is 59.0. The second-order valence-electron chi connectivity index (χ2n) is 8.54. The van der Waals surface area contributed by atoms with E-state index in [4.69, 9.17) is 15.3 Å². The van der Waals surface area contributed by atoms with Crippen LogP contribution in [-0.2, 0) is 28.8 Å². The predicted octanol–water partition coefficient (Wildman–Crippen LogP) is -7.37. The number of carbonyl (C=O) groups is 6. The Balaban J connectivity index is -0.000000132. The number of hydrogen-bond donors (Lipinski definition) is 3. The summed E-state index contributed by atoms with van der Waals surface area (Å²) in [6, 6.07) is 0. The van der Waals surface area contributed by atoms with Crippen molar-refractivity contribution < 1.29 is 74.7 Å². The maximum absolute atomic E-state index is 9.90. The van der Waals surface area contributed by atoms with Gasteiger partial charge in [0.25, 0.3) is 0 Å². The van der Waals surface area contributed by atoms with Crippen LogP contribution in [0.5, 0.6) is 0 Å². The third-order valence-electron chi connectivity index (χ3n) is 3.85. The first-order valence-corrected chi connectivity index (χ1v) is 15.6. The second kappa shape index (κ2) is 26.2. The summed E-state index contributed by atoms with van der Waals surface area (Å²) in [7, 11) is 0. The molecule has 0 aliphatic rings. The number of carboxylic acid groups (broad SMARTS) is 6. The molecule has 3 atom stereocenters. The molecule has 17 heteroatoms. The molecule has 0 radical (unpaired) electrons. The molecule has 40 heavy (non-hydrogen) atoms. The molecular formula is C23H36O15Sn2. The Labute approximate surface area is 259 Å². The van der Waals surface area contributed by atoms with Crippen LogP contribution in [-0.4, -0.2) is 113 Å². The van der Waals surface area contributed by atoms with E-state index in [-0.39, 0.29) is 0 Å². The maximum atomic E-state index is 9.90. The number of aliphatic carboxylic acids is 6. The Bertz CT molecular complexity index is 665. The van der Waals surface area contributed by atoms with Crippen molar-refractivity contribution in [1.29, 1.82) is 0 Å². The minimum absolute atomic E-state index is 0.831. The van der Waals surface area contributed by atoms with Crippen LogP contribution in [0.4, 0.5) is 0 Å². The van der Waals surface area contributed by atoms with E-state index >= 15 is 0 Å². The number of aliphatic hydroxyl groups is 3. The van der Waals surface area contributed by atoms with Crippen molar-refractivity contribution in [3.63, 3.8) is 0 Å². The van der Waals surface area contributed by atoms with Gasteiger partial charge in [0.05, 0.1) is 17.9 Å². The quantitative estimate of drug-likeness (QED) is 0.146. The van der Waals surface area contributed by atoms with E-state index in [1.54, 1.807) is 45.0 Å². The standard InChI is InChI=1S/3C5H8O5.2C4H9.2Sn/c3*1-5(10,4(8)9)2-3(6)7;2*1-3-4-2;;/h3*10H,2H2,1H3,(H,6,7)(H,8,9);2*1,3-4H2,2H3;;/q;;;;;2*+3/p-6. The molecule has 0 amide bonds. The van der Waals surface area contributed by atoms with Gasteiger partial charge in [0, 0.05) is 37.2 Å². The van der Waals surface area contributed by atoms with Gasteiger partial charge in [0.15, 0.2) is 0 Å². The van der Waals surface area contributed by atoms with E-state index in [1.165, 1.54) is 34.6 Å². The molecule has 0 aromatic rings. The molecule has 0 spiro atoms. The third-order valence-corrected chi connectivity index (χ3v) is 5.86. The summed E-state index contributed by atoms with van der Waals surface area (Å²) >= 11 is 3.37. The Morgan fingerprint density at radius 2 is 0.700 bits per heavy atom. The van der Waals surface area contributed by atoms with E-state index in [1.807, 2.05) is 0 Å². The first-order valence-electron chi connectivity index (χ1n) is 11.6. The third kappa shape index (κ3) is 36.3. The molecule has 3 unspecified atom stereocenters. The SMILES string of the molecule is CC(O)(CC(=O)[O-])C(=O)[O-].CC(O)(CC(=O)[O-])C(=O)[O-].CC(O)(CC(=O)[O-])C(=O)[O-].CCC[CH2][Sn+3].CCC[CH2][Sn+3]. The van der Waals surface area contributed by atoms with Gasteiger partial charge >= 0.3 is 93.5 Å². The molecule has 0 aliphatic carbocycles. The van der Waals surface area contributed by atoms with Gasteiger partial charge in [-0.15, -0.1) is 0 Å². The van der Waals surface area contributed by atoms with Gasteiger partial charge in [-0.3, -0.25) is 0 Å². The minimum atomic E-state index is -2.33. The molecule has 0 aliphatic heterocycles. The van der Waals surface area contributed by atoms with Crippen LogP contribution in [0.2, 0.25) is 8.87 Å². The van der Waals surface area contributed by atoms with Crippen molar-refractivity contribution in [2.24, 2.45) is 0 Å². The summed E-state index contributed by atoms with van der Waals surface area (Å²) in [5, 5.41) is 85.0. The molecule has 0 fully saturated rings. The first-order chi connectivity index (χ1) is 17.9. The average Bonchev–Trinajstić information content (AvgIpc) is 2.74. The van der Waals surface area contributed by atoms with E-state index < -0.39 is 71.9 Å². The van der Waals surface area contributed by atoms with Crippen LogP contribution >= 0.6 is 0 Å². The molecule has 0 aromatic heterocycles. The van der Waals surface area contributed by atoms with Gasteiger partial charge < -0.3 is 74.7 Å². The second-order valence-corrected chi connectivity index (χ2v) is 11.4. The summed E-state index contributed by atoms with van der Waals surface area (Å²) in [5.41, 5.74) is -7.00. The van der Waals surface area contributed by atoms with Gasteiger partial charge in [-0.1, -0.05) is 0 Å². The molecule has 3 N–H and O–H groups in total. The molecule has 0 aromatic carbocycles. The van der Waals surface area contributed by atoms with Crippen molar-refractivity contribution in [2.45, 2.75) is 105 Å². The summed E-state index contributed by atoms with van der Waals surface area (Å²) < 4.78 is 2.87. The zero-order chi connectivity index (χ0) is 33.3. The van der Waals surface area contributed by atoms with Crippen molar-refractivity contribution in [1.82, 2.24) is 0 Å². The molecular weight excluding hydrogens is 754 g/mol. The fourth-order valence-corrected chi connectivity index (χ4v) is 3.43. The number of rotatable bonds is 13. The Morgan fingerprint density at radius 3 is 0.725 bits per heavy atom. The summed E-state index contributed by atoms with van der Waals surface area (Å²) in [5.74, 6) is -10.4. The van der Waals surface area contributed by atoms with Gasteiger partial charge in [-0.2, -0.15) is 0 Å². The molecule has 0 heterocycles. The van der Waals surface area contributed by atoms with Crippen molar-refractivity contribution in [3.8, 4) is 0 Å². The summed E-state index contributed by atoms with van der Waals surface area (Å²) in [6.07, 6.45) is 2.70. The van der Waals surface area contributed by atoms with Crippen LogP contribution in [0, 0.1) is 0 Å². The molecule has 0 bridgehead atoms. The monoisotopic (exact) mass is 792 g/mol. The molecule has 0 saturated heterocycles. The zero-order valence-corrected chi connectivity index (χ0v) is 28.8. The van der Waals surface area contributed by atoms with Gasteiger partial charge in [-0.05, 0) is 20.8 Å². The first kappa shape index (κ1) is 48.1. The fourth-order valence-electron chi connectivity index (χ4n) is 1.41. The summed E-state index contributed by atoms with van der Waals surface area (Å²) in [6.45, 7) is 6.95. The van der Waals surface area contributed by atoms with Crippen LogP contribution in [0.1, 0.15) is 79.6 Å². The van der Waals surface area contributed by atoms with Crippen LogP contribution in [0.15, 0.2) is 0 Å². The van der Waals surface area contributed by atoms with E-state index in [9.17, 15) is 59.4 Å². The number of carboxylic acids is 6. The van der Waals surface area contributed by atoms with Gasteiger partial charge in [0.2, 0.25) is 0 Å². The Morgan fingerprint density at radius 1 is 0.525 bits per heavy atom. The van der Waals surface area contributed by atoms with Crippen molar-refractivity contribution in [2.75, 3.05) is 0 Å². The van der Waals surface area contributed by atoms with Crippen molar-refractivity contribution >= 4 is 80.9 Å². The topological polar surface area (TPSA) is 301 Å². The molecule has 0 rings (SSSR count). The normalized spacial score (nSPS) is 14.0. The number of hydrogen-bond acceptors (Lipinski definition) is 15. The Kier molecular flexibility index (Phi) is 31.5. The number of carbonyl (C=O) groups excluding carboxylic acids is 6. The van der Waals surface area contributed by atoms with Crippen LogP contribution in [0.25, 0.3) is 0 Å².